The molecule has 2 aliphatic carbocycles. The Balaban J connectivity index is 1.94. The first kappa shape index (κ1) is 6.25. The summed E-state index contributed by atoms with van der Waals surface area (Å²) in [7, 11) is 0. The third kappa shape index (κ3) is 0.587. The van der Waals surface area contributed by atoms with Gasteiger partial charge in [0.1, 0.15) is 6.04 Å². The standard InChI is InChI=1S/C8H8N2O2/c11-8(12)7-5-2-3-1-4(3)6(5)9-10-7/h1,5,7,9-10H,2H2,(H,11,12). The lowest BCUT2D eigenvalue weighted by Crippen LogP contribution is -2.38. The second-order valence-electron chi connectivity index (χ2n) is 3.39. The van der Waals surface area contributed by atoms with E-state index in [1.165, 1.54) is 11.1 Å². The minimum absolute atomic E-state index is 0.150. The summed E-state index contributed by atoms with van der Waals surface area (Å²) in [6, 6.07) is -0.443. The zero-order valence-corrected chi connectivity index (χ0v) is 6.29. The highest BCUT2D eigenvalue weighted by atomic mass is 16.4. The number of carboxylic acids is 1. The first-order chi connectivity index (χ1) is 5.77. The normalized spacial score (nSPS) is 35.5. The van der Waals surface area contributed by atoms with Gasteiger partial charge in [-0.15, -0.1) is 0 Å². The second kappa shape index (κ2) is 1.72. The van der Waals surface area contributed by atoms with Gasteiger partial charge >= 0.3 is 5.97 Å². The summed E-state index contributed by atoms with van der Waals surface area (Å²) in [5.41, 5.74) is 9.37. The van der Waals surface area contributed by atoms with Gasteiger partial charge in [0.2, 0.25) is 0 Å². The van der Waals surface area contributed by atoms with Gasteiger partial charge in [-0.2, -0.15) is 0 Å². The van der Waals surface area contributed by atoms with Gasteiger partial charge in [0.15, 0.2) is 0 Å². The molecule has 12 heavy (non-hydrogen) atoms. The van der Waals surface area contributed by atoms with E-state index >= 15 is 0 Å². The summed E-state index contributed by atoms with van der Waals surface area (Å²) in [6.07, 6.45) is 2.99. The summed E-state index contributed by atoms with van der Waals surface area (Å²) >= 11 is 0. The molecule has 0 bridgehead atoms. The van der Waals surface area contributed by atoms with Crippen molar-refractivity contribution in [2.75, 3.05) is 0 Å². The van der Waals surface area contributed by atoms with Gasteiger partial charge in [-0.1, -0.05) is 0 Å². The quantitative estimate of drug-likeness (QED) is 0.500. The van der Waals surface area contributed by atoms with E-state index < -0.39 is 12.0 Å². The molecule has 0 aromatic heterocycles. The fourth-order valence-corrected chi connectivity index (χ4v) is 2.03. The van der Waals surface area contributed by atoms with E-state index in [9.17, 15) is 4.79 Å². The molecular formula is C8H8N2O2. The Morgan fingerprint density at radius 2 is 2.50 bits per heavy atom. The first-order valence-electron chi connectivity index (χ1n) is 3.97. The molecule has 1 aliphatic heterocycles. The smallest absolute Gasteiger partial charge is 0.323 e. The molecular weight excluding hydrogens is 156 g/mol. The van der Waals surface area contributed by atoms with E-state index in [0.29, 0.717) is 0 Å². The molecule has 4 nitrogen and oxygen atoms in total. The number of allylic oxidation sites excluding steroid dienone is 3. The number of carbonyl (C=O) groups is 1. The Morgan fingerprint density at radius 3 is 3.25 bits per heavy atom. The maximum absolute atomic E-state index is 10.7. The molecule has 0 amide bonds. The number of aliphatic carboxylic acids is 1. The molecule has 0 spiro atoms. The first-order valence-corrected chi connectivity index (χ1v) is 3.97. The second-order valence-corrected chi connectivity index (χ2v) is 3.39. The maximum atomic E-state index is 10.7. The lowest BCUT2D eigenvalue weighted by molar-refractivity contribution is -0.140. The molecule has 0 aromatic carbocycles. The van der Waals surface area contributed by atoms with E-state index in [4.69, 9.17) is 5.11 Å². The van der Waals surface area contributed by atoms with Gasteiger partial charge in [0.25, 0.3) is 0 Å². The van der Waals surface area contributed by atoms with E-state index in [-0.39, 0.29) is 5.92 Å². The van der Waals surface area contributed by atoms with Crippen molar-refractivity contribution < 1.29 is 9.90 Å². The zero-order valence-electron chi connectivity index (χ0n) is 6.29. The Labute approximate surface area is 68.9 Å². The van der Waals surface area contributed by atoms with Crippen LogP contribution in [0.2, 0.25) is 0 Å². The largest absolute Gasteiger partial charge is 0.480 e. The van der Waals surface area contributed by atoms with E-state index in [0.717, 1.165) is 12.1 Å². The van der Waals surface area contributed by atoms with Crippen molar-refractivity contribution in [3.63, 3.8) is 0 Å². The molecule has 1 fully saturated rings. The molecule has 2 atom stereocenters. The van der Waals surface area contributed by atoms with Crippen LogP contribution < -0.4 is 10.9 Å². The fraction of sp³-hybridized carbons (Fsp3) is 0.375. The number of fused-ring (bicyclic) bond motifs is 2. The van der Waals surface area contributed by atoms with Crippen molar-refractivity contribution in [1.82, 2.24) is 10.9 Å². The Morgan fingerprint density at radius 1 is 1.67 bits per heavy atom. The maximum Gasteiger partial charge on any atom is 0.323 e. The summed E-state index contributed by atoms with van der Waals surface area (Å²) in [6.45, 7) is 0. The topological polar surface area (TPSA) is 61.4 Å². The highest BCUT2D eigenvalue weighted by Crippen LogP contribution is 2.48. The van der Waals surface area contributed by atoms with Crippen LogP contribution in [0.5, 0.6) is 0 Å². The fourth-order valence-electron chi connectivity index (χ4n) is 2.03. The predicted octanol–water partition coefficient (Wildman–Crippen LogP) is -0.239. The predicted molar refractivity (Wildman–Crippen MR) is 40.9 cm³/mol. The monoisotopic (exact) mass is 164 g/mol. The molecule has 2 unspecified atom stereocenters. The van der Waals surface area contributed by atoms with Gasteiger partial charge < -0.3 is 10.5 Å². The molecule has 0 saturated carbocycles. The lowest BCUT2D eigenvalue weighted by atomic mass is 9.98. The van der Waals surface area contributed by atoms with Crippen LogP contribution in [-0.2, 0) is 4.79 Å². The van der Waals surface area contributed by atoms with Crippen LogP contribution in [0.4, 0.5) is 0 Å². The van der Waals surface area contributed by atoms with Crippen LogP contribution in [0, 0.1) is 5.92 Å². The minimum atomic E-state index is -0.773. The molecule has 3 N–H and O–H groups in total. The van der Waals surface area contributed by atoms with Gasteiger partial charge in [0.05, 0.1) is 0 Å². The molecule has 0 radical (unpaired) electrons. The number of carboxylic acid groups (broad SMARTS) is 1. The van der Waals surface area contributed by atoms with Gasteiger partial charge in [-0.3, -0.25) is 4.79 Å². The summed E-state index contributed by atoms with van der Waals surface area (Å²) < 4.78 is 0. The van der Waals surface area contributed by atoms with Crippen LogP contribution in [0.25, 0.3) is 0 Å². The number of hydrogen-bond donors (Lipinski definition) is 3. The summed E-state index contributed by atoms with van der Waals surface area (Å²) in [5.74, 6) is -0.623. The number of hydrogen-bond acceptors (Lipinski definition) is 3. The number of rotatable bonds is 1. The lowest BCUT2D eigenvalue weighted by Gasteiger charge is -2.09. The highest BCUT2D eigenvalue weighted by molar-refractivity contribution is 5.78. The average Bonchev–Trinajstić information content (AvgIpc) is 2.54. The van der Waals surface area contributed by atoms with Crippen LogP contribution in [0.15, 0.2) is 22.9 Å². The van der Waals surface area contributed by atoms with Crippen LogP contribution in [0.1, 0.15) is 6.42 Å². The van der Waals surface area contributed by atoms with Crippen molar-refractivity contribution in [2.45, 2.75) is 12.5 Å². The SMILES string of the molecule is O=C(O)C1NNC2=C3C=C3CC21. The summed E-state index contributed by atoms with van der Waals surface area (Å²) in [4.78, 5) is 10.7. The third-order valence-corrected chi connectivity index (χ3v) is 2.71. The average molecular weight is 164 g/mol. The van der Waals surface area contributed by atoms with E-state index in [1.54, 1.807) is 0 Å². The zero-order chi connectivity index (χ0) is 8.29. The van der Waals surface area contributed by atoms with Crippen molar-refractivity contribution in [1.29, 1.82) is 0 Å². The Hall–Kier alpha value is -1.29. The molecule has 62 valence electrons. The van der Waals surface area contributed by atoms with Crippen molar-refractivity contribution in [3.05, 3.63) is 22.9 Å². The highest BCUT2D eigenvalue weighted by Gasteiger charge is 2.46. The van der Waals surface area contributed by atoms with E-state index in [1.807, 2.05) is 0 Å². The van der Waals surface area contributed by atoms with Gasteiger partial charge in [0, 0.05) is 11.6 Å². The molecule has 0 aromatic rings. The van der Waals surface area contributed by atoms with Crippen molar-refractivity contribution >= 4 is 5.97 Å². The number of nitrogens with one attached hydrogen (secondary N) is 2. The Kier molecular flexibility index (Phi) is 0.895. The summed E-state index contributed by atoms with van der Waals surface area (Å²) in [5, 5.41) is 8.82. The Bertz CT molecular complexity index is 343. The number of hydrazine groups is 1. The van der Waals surface area contributed by atoms with Gasteiger partial charge in [-0.25, -0.2) is 5.43 Å². The van der Waals surface area contributed by atoms with Crippen LogP contribution in [0.3, 0.4) is 0 Å². The molecule has 4 heteroatoms. The van der Waals surface area contributed by atoms with Crippen LogP contribution >= 0.6 is 0 Å². The minimum Gasteiger partial charge on any atom is -0.480 e. The third-order valence-electron chi connectivity index (χ3n) is 2.71. The van der Waals surface area contributed by atoms with Gasteiger partial charge in [-0.05, 0) is 23.6 Å². The molecule has 1 saturated heterocycles. The van der Waals surface area contributed by atoms with E-state index in [2.05, 4.69) is 16.9 Å². The molecule has 3 aliphatic rings. The molecule has 3 rings (SSSR count). The van der Waals surface area contributed by atoms with Crippen molar-refractivity contribution in [2.24, 2.45) is 5.92 Å². The van der Waals surface area contributed by atoms with Crippen molar-refractivity contribution in [3.8, 4) is 0 Å². The van der Waals surface area contributed by atoms with Crippen LogP contribution in [-0.4, -0.2) is 17.1 Å². The molecule has 1 heterocycles.